The van der Waals surface area contributed by atoms with E-state index in [0.29, 0.717) is 53.7 Å². The second kappa shape index (κ2) is 9.58. The number of hydrogen-bond acceptors (Lipinski definition) is 8. The lowest BCUT2D eigenvalue weighted by molar-refractivity contribution is -0.117. The third kappa shape index (κ3) is 4.15. The Labute approximate surface area is 191 Å². The molecule has 2 fully saturated rings. The topological polar surface area (TPSA) is 128 Å². The van der Waals surface area contributed by atoms with Crippen molar-refractivity contribution in [1.29, 1.82) is 10.5 Å². The van der Waals surface area contributed by atoms with Gasteiger partial charge < -0.3 is 20.7 Å². The molecule has 1 aromatic heterocycles. The molecule has 0 radical (unpaired) electrons. The molecule has 1 aromatic carbocycles. The van der Waals surface area contributed by atoms with Crippen molar-refractivity contribution in [3.8, 4) is 12.1 Å². The molecular formula is C23H24N6O2S. The summed E-state index contributed by atoms with van der Waals surface area (Å²) < 4.78 is 5.88. The number of nitriles is 2. The molecule has 0 aliphatic carbocycles. The van der Waals surface area contributed by atoms with Crippen LogP contribution in [-0.4, -0.2) is 49.3 Å². The number of ether oxygens (including phenoxy) is 1. The average molecular weight is 449 g/mol. The first-order chi connectivity index (χ1) is 15.6. The summed E-state index contributed by atoms with van der Waals surface area (Å²) in [6.07, 6.45) is 0.522. The molecule has 2 aliphatic heterocycles. The molecule has 164 valence electrons. The SMILES string of the molecule is CCc1c(C#N)c(SC(C(N)=O)c2ccccc2)nc(N2CC3NCCOC3C2)c1C#N. The second-order valence-electron chi connectivity index (χ2n) is 7.73. The monoisotopic (exact) mass is 448 g/mol. The minimum absolute atomic E-state index is 0.0246. The van der Waals surface area contributed by atoms with E-state index in [-0.39, 0.29) is 12.1 Å². The fourth-order valence-electron chi connectivity index (χ4n) is 4.29. The molecule has 1 amide bonds. The highest BCUT2D eigenvalue weighted by Crippen LogP contribution is 2.40. The molecule has 0 spiro atoms. The Morgan fingerprint density at radius 2 is 2.06 bits per heavy atom. The summed E-state index contributed by atoms with van der Waals surface area (Å²) in [6.45, 7) is 4.62. The Morgan fingerprint density at radius 3 is 2.69 bits per heavy atom. The van der Waals surface area contributed by atoms with E-state index < -0.39 is 11.2 Å². The van der Waals surface area contributed by atoms with Crippen LogP contribution in [-0.2, 0) is 16.0 Å². The normalized spacial score (nSPS) is 20.8. The maximum atomic E-state index is 12.3. The summed E-state index contributed by atoms with van der Waals surface area (Å²) in [5, 5.41) is 23.0. The smallest absolute Gasteiger partial charge is 0.235 e. The quantitative estimate of drug-likeness (QED) is 0.641. The number of carbonyl (C=O) groups excluding carboxylic acids is 1. The number of aromatic nitrogens is 1. The molecule has 3 N–H and O–H groups in total. The standard InChI is InChI=1S/C23H24N6O2S/c1-2-15-16(10-24)22(29-12-18-19(13-29)31-9-8-27-18)28-23(17(15)11-25)32-20(21(26)30)14-6-4-3-5-7-14/h3-7,18-20,27H,2,8-9,12-13H2,1H3,(H2,26,30). The van der Waals surface area contributed by atoms with E-state index in [1.807, 2.05) is 42.2 Å². The second-order valence-corrected chi connectivity index (χ2v) is 8.83. The van der Waals surface area contributed by atoms with E-state index >= 15 is 0 Å². The van der Waals surface area contributed by atoms with Crippen molar-refractivity contribution in [2.24, 2.45) is 5.73 Å². The molecule has 8 nitrogen and oxygen atoms in total. The van der Waals surface area contributed by atoms with Crippen LogP contribution in [0.25, 0.3) is 0 Å². The van der Waals surface area contributed by atoms with Gasteiger partial charge in [0.2, 0.25) is 5.91 Å². The summed E-state index contributed by atoms with van der Waals surface area (Å²) in [5.41, 5.74) is 7.83. The molecule has 3 unspecified atom stereocenters. The molecule has 32 heavy (non-hydrogen) atoms. The summed E-state index contributed by atoms with van der Waals surface area (Å²) in [6, 6.07) is 13.8. The lowest BCUT2D eigenvalue weighted by Gasteiger charge is -2.25. The Kier molecular flexibility index (Phi) is 6.61. The number of pyridine rings is 1. The number of amides is 1. The molecule has 0 saturated carbocycles. The number of fused-ring (bicyclic) bond motifs is 1. The number of nitrogens with two attached hydrogens (primary N) is 1. The Bertz CT molecular complexity index is 1080. The van der Waals surface area contributed by atoms with Crippen molar-refractivity contribution in [3.63, 3.8) is 0 Å². The van der Waals surface area contributed by atoms with E-state index in [9.17, 15) is 15.3 Å². The minimum atomic E-state index is -0.701. The van der Waals surface area contributed by atoms with Crippen LogP contribution in [0.1, 0.15) is 34.4 Å². The molecule has 4 rings (SSSR count). The summed E-state index contributed by atoms with van der Waals surface area (Å²) in [7, 11) is 0. The number of carbonyl (C=O) groups is 1. The van der Waals surface area contributed by atoms with Gasteiger partial charge in [-0.1, -0.05) is 49.0 Å². The zero-order valence-electron chi connectivity index (χ0n) is 17.7. The number of benzene rings is 1. The maximum Gasteiger partial charge on any atom is 0.235 e. The number of nitrogens with one attached hydrogen (secondary N) is 1. The van der Waals surface area contributed by atoms with Crippen LogP contribution in [0, 0.1) is 22.7 Å². The van der Waals surface area contributed by atoms with E-state index in [1.165, 1.54) is 0 Å². The fraction of sp³-hybridized carbons (Fsp3) is 0.391. The van der Waals surface area contributed by atoms with E-state index in [0.717, 1.165) is 23.9 Å². The predicted octanol–water partition coefficient (Wildman–Crippen LogP) is 1.88. The number of nitrogens with zero attached hydrogens (tertiary/aromatic N) is 4. The van der Waals surface area contributed by atoms with E-state index in [4.69, 9.17) is 15.5 Å². The van der Waals surface area contributed by atoms with Gasteiger partial charge in [-0.3, -0.25) is 4.79 Å². The molecule has 9 heteroatoms. The molecular weight excluding hydrogens is 424 g/mol. The third-order valence-corrected chi connectivity index (χ3v) is 7.08. The van der Waals surface area contributed by atoms with Crippen LogP contribution in [0.4, 0.5) is 5.82 Å². The van der Waals surface area contributed by atoms with Crippen LogP contribution < -0.4 is 16.0 Å². The van der Waals surface area contributed by atoms with Gasteiger partial charge in [-0.05, 0) is 17.5 Å². The first kappa shape index (κ1) is 22.1. The molecule has 0 bridgehead atoms. The van der Waals surface area contributed by atoms with Gasteiger partial charge in [-0.2, -0.15) is 10.5 Å². The highest BCUT2D eigenvalue weighted by atomic mass is 32.2. The van der Waals surface area contributed by atoms with Crippen LogP contribution in [0.15, 0.2) is 35.4 Å². The highest BCUT2D eigenvalue weighted by molar-refractivity contribution is 8.00. The van der Waals surface area contributed by atoms with Gasteiger partial charge in [0.05, 0.1) is 29.9 Å². The van der Waals surface area contributed by atoms with Crippen LogP contribution in [0.5, 0.6) is 0 Å². The Balaban J connectivity index is 1.78. The number of hydrogen-bond donors (Lipinski definition) is 2. The maximum absolute atomic E-state index is 12.3. The summed E-state index contributed by atoms with van der Waals surface area (Å²) in [4.78, 5) is 19.1. The Morgan fingerprint density at radius 1 is 1.31 bits per heavy atom. The molecule has 3 atom stereocenters. The van der Waals surface area contributed by atoms with Crippen LogP contribution in [0.2, 0.25) is 0 Å². The van der Waals surface area contributed by atoms with Gasteiger partial charge in [0.15, 0.2) is 0 Å². The first-order valence-electron chi connectivity index (χ1n) is 10.5. The lowest BCUT2D eigenvalue weighted by Crippen LogP contribution is -2.47. The van der Waals surface area contributed by atoms with Gasteiger partial charge in [0, 0.05) is 19.6 Å². The number of anilines is 1. The van der Waals surface area contributed by atoms with Crippen molar-refractivity contribution in [2.45, 2.75) is 35.8 Å². The zero-order chi connectivity index (χ0) is 22.7. The largest absolute Gasteiger partial charge is 0.373 e. The number of morpholine rings is 1. The molecule has 3 heterocycles. The molecule has 2 saturated heterocycles. The predicted molar refractivity (Wildman–Crippen MR) is 121 cm³/mol. The van der Waals surface area contributed by atoms with Gasteiger partial charge in [-0.15, -0.1) is 0 Å². The van der Waals surface area contributed by atoms with Gasteiger partial charge in [0.1, 0.15) is 28.2 Å². The summed E-state index contributed by atoms with van der Waals surface area (Å²) in [5.74, 6) is 0.0163. The van der Waals surface area contributed by atoms with Crippen molar-refractivity contribution in [1.82, 2.24) is 10.3 Å². The number of thioether (sulfide) groups is 1. The summed E-state index contributed by atoms with van der Waals surface area (Å²) >= 11 is 1.16. The molecule has 2 aromatic rings. The lowest BCUT2D eigenvalue weighted by atomic mass is 10.0. The minimum Gasteiger partial charge on any atom is -0.373 e. The Hall–Kier alpha value is -3.11. The van der Waals surface area contributed by atoms with Crippen molar-refractivity contribution in [2.75, 3.05) is 31.1 Å². The fourth-order valence-corrected chi connectivity index (χ4v) is 5.35. The molecule has 2 aliphatic rings. The van der Waals surface area contributed by atoms with Gasteiger partial charge in [-0.25, -0.2) is 4.98 Å². The van der Waals surface area contributed by atoms with Crippen molar-refractivity contribution < 1.29 is 9.53 Å². The van der Waals surface area contributed by atoms with Gasteiger partial charge >= 0.3 is 0 Å². The van der Waals surface area contributed by atoms with Crippen LogP contribution in [0.3, 0.4) is 0 Å². The van der Waals surface area contributed by atoms with Gasteiger partial charge in [0.25, 0.3) is 0 Å². The highest BCUT2D eigenvalue weighted by Gasteiger charge is 2.38. The van der Waals surface area contributed by atoms with E-state index in [2.05, 4.69) is 17.5 Å². The first-order valence-corrected chi connectivity index (χ1v) is 11.4. The zero-order valence-corrected chi connectivity index (χ0v) is 18.6. The van der Waals surface area contributed by atoms with Crippen LogP contribution >= 0.6 is 11.8 Å². The van der Waals surface area contributed by atoms with Crippen molar-refractivity contribution >= 4 is 23.5 Å². The average Bonchev–Trinajstić information content (AvgIpc) is 3.25. The van der Waals surface area contributed by atoms with E-state index in [1.54, 1.807) is 0 Å². The number of rotatable bonds is 6. The number of primary amides is 1. The van der Waals surface area contributed by atoms with Crippen molar-refractivity contribution in [3.05, 3.63) is 52.6 Å². The third-order valence-electron chi connectivity index (χ3n) is 5.82.